The molecular formula is C45H48F3N11O5S2. The van der Waals surface area contributed by atoms with Crippen LogP contribution in [0.15, 0.2) is 108 Å². The summed E-state index contributed by atoms with van der Waals surface area (Å²) in [6.07, 6.45) is 7.01. The quantitative estimate of drug-likeness (QED) is 0.155. The minimum Gasteiger partial charge on any atom is -0.329 e. The maximum Gasteiger partial charge on any atom is 0.405 e. The molecule has 6 aromatic heterocycles. The molecule has 16 nitrogen and oxygen atoms in total. The Labute approximate surface area is 378 Å². The number of hydrogen-bond donors (Lipinski definition) is 2. The second-order valence-electron chi connectivity index (χ2n) is 16.9. The van der Waals surface area contributed by atoms with Gasteiger partial charge in [0.1, 0.15) is 6.54 Å². The van der Waals surface area contributed by atoms with Crippen LogP contribution in [0.1, 0.15) is 61.0 Å². The first-order chi connectivity index (χ1) is 31.5. The van der Waals surface area contributed by atoms with Crippen LogP contribution in [0.5, 0.6) is 0 Å². The fourth-order valence-electron chi connectivity index (χ4n) is 9.23. The maximum atomic E-state index is 13.4. The number of aromatic nitrogens is 8. The summed E-state index contributed by atoms with van der Waals surface area (Å²) in [5.41, 5.74) is 6.95. The number of halogens is 3. The summed E-state index contributed by atoms with van der Waals surface area (Å²) < 4.78 is 97.2. The molecule has 346 valence electrons. The first kappa shape index (κ1) is 44.9. The van der Waals surface area contributed by atoms with Crippen LogP contribution in [0.2, 0.25) is 0 Å². The Bertz CT molecular complexity index is 3330. The number of benzene rings is 2. The highest BCUT2D eigenvalue weighted by molar-refractivity contribution is 7.90. The Morgan fingerprint density at radius 1 is 0.667 bits per heavy atom. The van der Waals surface area contributed by atoms with Crippen molar-refractivity contribution in [3.63, 3.8) is 0 Å². The van der Waals surface area contributed by atoms with Gasteiger partial charge in [-0.1, -0.05) is 62.1 Å². The highest BCUT2D eigenvalue weighted by Crippen LogP contribution is 2.37. The van der Waals surface area contributed by atoms with Gasteiger partial charge < -0.3 is 15.5 Å². The van der Waals surface area contributed by atoms with Gasteiger partial charge in [0.25, 0.3) is 20.0 Å². The van der Waals surface area contributed by atoms with Gasteiger partial charge >= 0.3 is 12.2 Å². The first-order valence-corrected chi connectivity index (χ1v) is 24.5. The minimum absolute atomic E-state index is 0.0156. The molecule has 21 heteroatoms. The standard InChI is InChI=1S/C24H25F3N6O3S.C21H23N5O2S/c1-3-16-12-31(23(34)30-14-24(25,26)27)13-18(16)20-10-28-21-11-29-22-19(33(20)21)8-9-32(22)37(35,36)17-6-4-15(2)5-7-17;1-3-15-10-22-11-17(15)19-12-23-20-13-24-21-18(26(19)20)8-9-25(21)29(27,28)16-6-4-14(2)5-7-16/h4-11,16,18H,3,12-14H2,1-2H3,(H,30,34);4-9,12-13,15,17,22H,3,10-11H2,1-2H3/t16-,18+;15-,17+/m11/s1. The van der Waals surface area contributed by atoms with E-state index in [0.717, 1.165) is 57.2 Å². The number of rotatable bonds is 9. The molecule has 66 heavy (non-hydrogen) atoms. The van der Waals surface area contributed by atoms with Gasteiger partial charge in [-0.15, -0.1) is 0 Å². The fourth-order valence-corrected chi connectivity index (χ4v) is 11.8. The molecule has 0 radical (unpaired) electrons. The van der Waals surface area contributed by atoms with Gasteiger partial charge in [-0.25, -0.2) is 49.5 Å². The number of imidazole rings is 2. The number of urea groups is 1. The molecule has 0 aliphatic carbocycles. The Hall–Kier alpha value is -6.32. The largest absolute Gasteiger partial charge is 0.405 e. The summed E-state index contributed by atoms with van der Waals surface area (Å²) in [5, 5.41) is 5.41. The van der Waals surface area contributed by atoms with E-state index in [1.54, 1.807) is 73.2 Å². The second kappa shape index (κ2) is 17.2. The molecule has 0 bridgehead atoms. The van der Waals surface area contributed by atoms with Crippen LogP contribution in [0.3, 0.4) is 0 Å². The zero-order valence-electron chi connectivity index (χ0n) is 36.5. The zero-order chi connectivity index (χ0) is 46.7. The normalized spacial score (nSPS) is 19.3. The molecule has 2 aromatic carbocycles. The smallest absolute Gasteiger partial charge is 0.329 e. The lowest BCUT2D eigenvalue weighted by Crippen LogP contribution is -2.42. The molecule has 2 amide bonds. The van der Waals surface area contributed by atoms with Crippen molar-refractivity contribution in [2.45, 2.75) is 68.3 Å². The average Bonchev–Trinajstić information content (AvgIpc) is 4.15. The molecule has 2 N–H and O–H groups in total. The molecule has 2 aliphatic heterocycles. The number of hydrogen-bond acceptors (Lipinski definition) is 10. The third kappa shape index (κ3) is 8.05. The van der Waals surface area contributed by atoms with Crippen LogP contribution in [0.25, 0.3) is 33.6 Å². The minimum atomic E-state index is -4.49. The van der Waals surface area contributed by atoms with Gasteiger partial charge in [-0.2, -0.15) is 13.2 Å². The third-order valence-electron chi connectivity index (χ3n) is 12.8. The van der Waals surface area contributed by atoms with Crippen molar-refractivity contribution in [1.82, 2.24) is 52.2 Å². The van der Waals surface area contributed by atoms with Gasteiger partial charge in [-0.3, -0.25) is 8.80 Å². The van der Waals surface area contributed by atoms with Gasteiger partial charge in [0.2, 0.25) is 0 Å². The van der Waals surface area contributed by atoms with E-state index < -0.39 is 38.8 Å². The van der Waals surface area contributed by atoms with Crippen LogP contribution >= 0.6 is 0 Å². The predicted molar refractivity (Wildman–Crippen MR) is 241 cm³/mol. The summed E-state index contributed by atoms with van der Waals surface area (Å²) in [6.45, 7) is 8.97. The molecule has 4 atom stereocenters. The number of likely N-dealkylation sites (tertiary alicyclic amines) is 1. The molecule has 2 saturated heterocycles. The first-order valence-electron chi connectivity index (χ1n) is 21.6. The molecule has 8 heterocycles. The SMILES string of the molecule is CC[C@@H]1CN(C(=O)NCC(F)(F)F)C[C@@H]1c1cnc2cnc3c(ccn3S(=O)(=O)c3ccc(C)cc3)n12.CC[C@@H]1CNC[C@@H]1c1cnc2cnc3c(ccn3S(=O)(=O)c3ccc(C)cc3)n12. The van der Waals surface area contributed by atoms with Crippen LogP contribution in [-0.4, -0.2) is 103 Å². The second-order valence-corrected chi connectivity index (χ2v) is 20.6. The van der Waals surface area contributed by atoms with E-state index in [0.29, 0.717) is 41.6 Å². The summed E-state index contributed by atoms with van der Waals surface area (Å²) in [5.74, 6) is 0.659. The van der Waals surface area contributed by atoms with Gasteiger partial charge in [0, 0.05) is 67.6 Å². The van der Waals surface area contributed by atoms with Gasteiger partial charge in [0.15, 0.2) is 22.6 Å². The van der Waals surface area contributed by atoms with Crippen molar-refractivity contribution < 1.29 is 34.8 Å². The topological polar surface area (TPSA) is 183 Å². The zero-order valence-corrected chi connectivity index (χ0v) is 38.1. The van der Waals surface area contributed by atoms with Crippen molar-refractivity contribution in [2.75, 3.05) is 32.7 Å². The van der Waals surface area contributed by atoms with Gasteiger partial charge in [0.05, 0.1) is 33.2 Å². The number of fused-ring (bicyclic) bond motifs is 6. The van der Waals surface area contributed by atoms with Crippen LogP contribution in [0.4, 0.5) is 18.0 Å². The molecule has 2 fully saturated rings. The fraction of sp³-hybridized carbons (Fsp3) is 0.356. The number of aryl methyl sites for hydroxylation is 2. The van der Waals surface area contributed by atoms with Crippen LogP contribution in [-0.2, 0) is 20.0 Å². The molecule has 10 rings (SSSR count). The van der Waals surface area contributed by atoms with Crippen LogP contribution < -0.4 is 10.6 Å². The lowest BCUT2D eigenvalue weighted by Gasteiger charge is -2.18. The summed E-state index contributed by atoms with van der Waals surface area (Å²) in [7, 11) is -7.64. The van der Waals surface area contributed by atoms with E-state index in [9.17, 15) is 34.8 Å². The number of alkyl halides is 3. The van der Waals surface area contributed by atoms with E-state index in [1.807, 2.05) is 42.8 Å². The average molecular weight is 944 g/mol. The Morgan fingerprint density at radius 2 is 1.15 bits per heavy atom. The Balaban J connectivity index is 0.000000171. The van der Waals surface area contributed by atoms with Gasteiger partial charge in [-0.05, 0) is 68.6 Å². The predicted octanol–water partition coefficient (Wildman–Crippen LogP) is 6.87. The van der Waals surface area contributed by atoms with Crippen molar-refractivity contribution in [1.29, 1.82) is 0 Å². The Kier molecular flexibility index (Phi) is 11.7. The van der Waals surface area contributed by atoms with Crippen molar-refractivity contribution >= 4 is 59.7 Å². The van der Waals surface area contributed by atoms with Crippen molar-refractivity contribution in [3.05, 3.63) is 120 Å². The lowest BCUT2D eigenvalue weighted by atomic mass is 9.91. The number of amides is 2. The number of nitrogens with zero attached hydrogens (tertiary/aromatic N) is 9. The molecule has 0 saturated carbocycles. The van der Waals surface area contributed by atoms with E-state index >= 15 is 0 Å². The summed E-state index contributed by atoms with van der Waals surface area (Å²) in [4.78, 5) is 32.0. The summed E-state index contributed by atoms with van der Waals surface area (Å²) >= 11 is 0. The molecule has 0 unspecified atom stereocenters. The third-order valence-corrected chi connectivity index (χ3v) is 16.2. The van der Waals surface area contributed by atoms with E-state index in [-0.39, 0.29) is 33.8 Å². The number of carbonyl (C=O) groups excluding carboxylic acids is 1. The summed E-state index contributed by atoms with van der Waals surface area (Å²) in [6, 6.07) is 16.1. The van der Waals surface area contributed by atoms with E-state index in [2.05, 4.69) is 36.6 Å². The van der Waals surface area contributed by atoms with Crippen molar-refractivity contribution in [3.8, 4) is 0 Å². The van der Waals surface area contributed by atoms with Crippen molar-refractivity contribution in [2.24, 2.45) is 11.8 Å². The number of nitrogens with one attached hydrogen (secondary N) is 2. The Morgan fingerprint density at radius 3 is 1.62 bits per heavy atom. The monoisotopic (exact) mass is 943 g/mol. The highest BCUT2D eigenvalue weighted by atomic mass is 32.2. The maximum absolute atomic E-state index is 13.4. The lowest BCUT2D eigenvalue weighted by molar-refractivity contribution is -0.123. The highest BCUT2D eigenvalue weighted by Gasteiger charge is 2.39. The van der Waals surface area contributed by atoms with Crippen LogP contribution in [0, 0.1) is 25.7 Å². The van der Waals surface area contributed by atoms with E-state index in [1.165, 1.54) is 21.3 Å². The molecule has 8 aromatic rings. The number of carbonyl (C=O) groups is 1. The molecule has 0 spiro atoms. The molecular weight excluding hydrogens is 896 g/mol. The molecule has 2 aliphatic rings. The van der Waals surface area contributed by atoms with E-state index in [4.69, 9.17) is 0 Å².